The molecule has 0 atom stereocenters. The second-order valence-corrected chi connectivity index (χ2v) is 4.73. The monoisotopic (exact) mass is 297 g/mol. The van der Waals surface area contributed by atoms with E-state index >= 15 is 0 Å². The van der Waals surface area contributed by atoms with Gasteiger partial charge in [0.25, 0.3) is 0 Å². The van der Waals surface area contributed by atoms with Crippen molar-refractivity contribution in [2.45, 2.75) is 26.2 Å². The number of hydrogen-bond acceptors (Lipinski definition) is 3. The summed E-state index contributed by atoms with van der Waals surface area (Å²) in [6.45, 7) is 4.56. The highest BCUT2D eigenvalue weighted by Crippen LogP contribution is 2.22. The standard InChI is InChI=1S/C9H16INO2/c1-2-13-9(12)7-8-3-5-11(10)6-4-8/h8H,2-7H2,1H3. The van der Waals surface area contributed by atoms with E-state index < -0.39 is 0 Å². The predicted octanol–water partition coefficient (Wildman–Crippen LogP) is 2.00. The van der Waals surface area contributed by atoms with Crippen LogP contribution in [0.5, 0.6) is 0 Å². The van der Waals surface area contributed by atoms with Gasteiger partial charge in [-0.25, -0.2) is 3.11 Å². The summed E-state index contributed by atoms with van der Waals surface area (Å²) in [5, 5.41) is 0. The average Bonchev–Trinajstić information content (AvgIpc) is 2.09. The molecule has 0 spiro atoms. The molecule has 0 aromatic heterocycles. The highest BCUT2D eigenvalue weighted by atomic mass is 127. The third kappa shape index (κ3) is 4.26. The molecular weight excluding hydrogens is 281 g/mol. The van der Waals surface area contributed by atoms with Crippen LogP contribution in [0.1, 0.15) is 26.2 Å². The molecule has 0 unspecified atom stereocenters. The number of halogens is 1. The Morgan fingerprint density at radius 1 is 1.54 bits per heavy atom. The topological polar surface area (TPSA) is 29.5 Å². The van der Waals surface area contributed by atoms with Crippen molar-refractivity contribution in [2.24, 2.45) is 5.92 Å². The van der Waals surface area contributed by atoms with Crippen molar-refractivity contribution >= 4 is 28.8 Å². The van der Waals surface area contributed by atoms with Gasteiger partial charge < -0.3 is 4.74 Å². The first-order valence-electron chi connectivity index (χ1n) is 4.78. The zero-order chi connectivity index (χ0) is 9.68. The van der Waals surface area contributed by atoms with E-state index in [-0.39, 0.29) is 5.97 Å². The minimum Gasteiger partial charge on any atom is -0.466 e. The number of carbonyl (C=O) groups excluding carboxylic acids is 1. The van der Waals surface area contributed by atoms with Crippen molar-refractivity contribution in [1.29, 1.82) is 0 Å². The van der Waals surface area contributed by atoms with Gasteiger partial charge >= 0.3 is 5.97 Å². The molecule has 0 N–H and O–H groups in total. The van der Waals surface area contributed by atoms with Gasteiger partial charge in [0.05, 0.1) is 6.61 Å². The number of ether oxygens (including phenoxy) is 1. The van der Waals surface area contributed by atoms with Gasteiger partial charge in [0, 0.05) is 42.4 Å². The number of hydrogen-bond donors (Lipinski definition) is 0. The lowest BCUT2D eigenvalue weighted by Gasteiger charge is -2.26. The molecular formula is C9H16INO2. The quantitative estimate of drug-likeness (QED) is 0.453. The number of rotatable bonds is 3. The molecule has 1 heterocycles. The van der Waals surface area contributed by atoms with Crippen molar-refractivity contribution in [3.05, 3.63) is 0 Å². The lowest BCUT2D eigenvalue weighted by molar-refractivity contribution is -0.144. The number of piperidine rings is 1. The first-order valence-corrected chi connectivity index (χ1v) is 5.75. The zero-order valence-electron chi connectivity index (χ0n) is 7.96. The Kier molecular flexibility index (Phi) is 5.01. The third-order valence-electron chi connectivity index (χ3n) is 2.32. The lowest BCUT2D eigenvalue weighted by atomic mass is 9.95. The second-order valence-electron chi connectivity index (χ2n) is 3.36. The van der Waals surface area contributed by atoms with E-state index in [1.807, 2.05) is 6.92 Å². The minimum atomic E-state index is -0.0330. The molecule has 0 radical (unpaired) electrons. The number of nitrogens with zero attached hydrogens (tertiary/aromatic N) is 1. The molecule has 0 aliphatic carbocycles. The molecule has 76 valence electrons. The van der Waals surface area contributed by atoms with E-state index in [2.05, 4.69) is 26.0 Å². The highest BCUT2D eigenvalue weighted by Gasteiger charge is 2.20. The lowest BCUT2D eigenvalue weighted by Crippen LogP contribution is -2.27. The molecule has 0 aromatic carbocycles. The third-order valence-corrected chi connectivity index (χ3v) is 3.29. The fraction of sp³-hybridized carbons (Fsp3) is 0.889. The molecule has 0 saturated carbocycles. The summed E-state index contributed by atoms with van der Waals surface area (Å²) in [5.41, 5.74) is 0. The van der Waals surface area contributed by atoms with Gasteiger partial charge in [0.2, 0.25) is 0 Å². The Morgan fingerprint density at radius 3 is 2.69 bits per heavy atom. The predicted molar refractivity (Wildman–Crippen MR) is 59.6 cm³/mol. The summed E-state index contributed by atoms with van der Waals surface area (Å²) in [5.74, 6) is 0.513. The maximum Gasteiger partial charge on any atom is 0.306 e. The van der Waals surface area contributed by atoms with E-state index in [0.717, 1.165) is 25.9 Å². The summed E-state index contributed by atoms with van der Waals surface area (Å²) in [6, 6.07) is 0. The first kappa shape index (κ1) is 11.2. The second kappa shape index (κ2) is 5.80. The van der Waals surface area contributed by atoms with Crippen molar-refractivity contribution in [1.82, 2.24) is 3.11 Å². The maximum absolute atomic E-state index is 11.2. The van der Waals surface area contributed by atoms with Crippen molar-refractivity contribution in [2.75, 3.05) is 19.7 Å². The van der Waals surface area contributed by atoms with E-state index in [9.17, 15) is 4.79 Å². The normalized spacial score (nSPS) is 20.2. The summed E-state index contributed by atoms with van der Waals surface area (Å²) < 4.78 is 7.19. The highest BCUT2D eigenvalue weighted by molar-refractivity contribution is 14.1. The maximum atomic E-state index is 11.2. The number of carbonyl (C=O) groups is 1. The van der Waals surface area contributed by atoms with Crippen LogP contribution in [-0.4, -0.2) is 28.8 Å². The van der Waals surface area contributed by atoms with Crippen molar-refractivity contribution in [3.63, 3.8) is 0 Å². The molecule has 0 bridgehead atoms. The van der Waals surface area contributed by atoms with E-state index in [1.165, 1.54) is 0 Å². The van der Waals surface area contributed by atoms with Crippen LogP contribution in [0.4, 0.5) is 0 Å². The van der Waals surface area contributed by atoms with Gasteiger partial charge in [-0.15, -0.1) is 0 Å². The van der Waals surface area contributed by atoms with Crippen LogP contribution in [0.3, 0.4) is 0 Å². The van der Waals surface area contributed by atoms with Crippen LogP contribution in [0, 0.1) is 5.92 Å². The average molecular weight is 297 g/mol. The first-order chi connectivity index (χ1) is 6.22. The smallest absolute Gasteiger partial charge is 0.306 e. The van der Waals surface area contributed by atoms with Crippen LogP contribution in [-0.2, 0) is 9.53 Å². The Balaban J connectivity index is 2.18. The summed E-state index contributed by atoms with van der Waals surface area (Å²) in [4.78, 5) is 11.2. The Labute approximate surface area is 93.3 Å². The largest absolute Gasteiger partial charge is 0.466 e. The van der Waals surface area contributed by atoms with Gasteiger partial charge in [0.15, 0.2) is 0 Å². The molecule has 4 heteroatoms. The van der Waals surface area contributed by atoms with Crippen LogP contribution in [0.25, 0.3) is 0 Å². The SMILES string of the molecule is CCOC(=O)CC1CCN(I)CC1. The van der Waals surface area contributed by atoms with Crippen molar-refractivity contribution in [3.8, 4) is 0 Å². The summed E-state index contributed by atoms with van der Waals surface area (Å²) in [6.07, 6.45) is 2.86. The Morgan fingerprint density at radius 2 is 2.15 bits per heavy atom. The van der Waals surface area contributed by atoms with E-state index in [4.69, 9.17) is 4.74 Å². The van der Waals surface area contributed by atoms with Crippen LogP contribution < -0.4 is 0 Å². The molecule has 13 heavy (non-hydrogen) atoms. The molecule has 1 rings (SSSR count). The number of esters is 1. The molecule has 3 nitrogen and oxygen atoms in total. The van der Waals surface area contributed by atoms with Gasteiger partial charge in [-0.3, -0.25) is 4.79 Å². The summed E-state index contributed by atoms with van der Waals surface area (Å²) in [7, 11) is 0. The van der Waals surface area contributed by atoms with Gasteiger partial charge in [0.1, 0.15) is 0 Å². The molecule has 1 aliphatic heterocycles. The fourth-order valence-corrected chi connectivity index (χ4v) is 2.12. The summed E-state index contributed by atoms with van der Waals surface area (Å²) >= 11 is 2.33. The Hall–Kier alpha value is 0.160. The van der Waals surface area contributed by atoms with E-state index in [0.29, 0.717) is 18.9 Å². The fourth-order valence-electron chi connectivity index (χ4n) is 1.56. The molecule has 1 saturated heterocycles. The molecule has 0 aromatic rings. The molecule has 1 fully saturated rings. The van der Waals surface area contributed by atoms with Crippen molar-refractivity contribution < 1.29 is 9.53 Å². The van der Waals surface area contributed by atoms with Crippen LogP contribution in [0.2, 0.25) is 0 Å². The van der Waals surface area contributed by atoms with Gasteiger partial charge in [-0.05, 0) is 25.7 Å². The Bertz CT molecular complexity index is 167. The van der Waals surface area contributed by atoms with Gasteiger partial charge in [-0.1, -0.05) is 0 Å². The molecule has 0 amide bonds. The van der Waals surface area contributed by atoms with E-state index in [1.54, 1.807) is 0 Å². The molecule has 1 aliphatic rings. The van der Waals surface area contributed by atoms with Crippen LogP contribution in [0.15, 0.2) is 0 Å². The van der Waals surface area contributed by atoms with Gasteiger partial charge in [-0.2, -0.15) is 0 Å². The minimum absolute atomic E-state index is 0.0330. The zero-order valence-corrected chi connectivity index (χ0v) is 10.1. The van der Waals surface area contributed by atoms with Crippen LogP contribution >= 0.6 is 22.9 Å².